The summed E-state index contributed by atoms with van der Waals surface area (Å²) >= 11 is 6.28. The van der Waals surface area contributed by atoms with Crippen LogP contribution in [0.4, 0.5) is 0 Å². The van der Waals surface area contributed by atoms with Crippen LogP contribution in [0.1, 0.15) is 18.4 Å². The van der Waals surface area contributed by atoms with E-state index in [0.717, 1.165) is 0 Å². The molecule has 0 spiro atoms. The van der Waals surface area contributed by atoms with Gasteiger partial charge in [0, 0.05) is 28.9 Å². The van der Waals surface area contributed by atoms with E-state index in [9.17, 15) is 15.0 Å². The third-order valence-electron chi connectivity index (χ3n) is 3.89. The number of benzene rings is 1. The van der Waals surface area contributed by atoms with Crippen molar-refractivity contribution in [3.8, 4) is 0 Å². The van der Waals surface area contributed by atoms with Crippen molar-refractivity contribution in [2.24, 2.45) is 5.73 Å². The maximum absolute atomic E-state index is 11.8. The molecule has 0 radical (unpaired) electrons. The van der Waals surface area contributed by atoms with E-state index >= 15 is 0 Å². The summed E-state index contributed by atoms with van der Waals surface area (Å²) in [6.45, 7) is 2.33. The fourth-order valence-corrected chi connectivity index (χ4v) is 3.09. The van der Waals surface area contributed by atoms with Crippen LogP contribution in [0.3, 0.4) is 0 Å². The minimum Gasteiger partial charge on any atom is -0.478 e. The lowest BCUT2D eigenvalue weighted by Gasteiger charge is -2.31. The Balaban J connectivity index is 2.54. The van der Waals surface area contributed by atoms with E-state index in [-0.39, 0.29) is 18.8 Å². The van der Waals surface area contributed by atoms with E-state index < -0.39 is 11.9 Å². The minimum atomic E-state index is -1.06. The molecule has 0 amide bonds. The van der Waals surface area contributed by atoms with Crippen molar-refractivity contribution in [1.29, 1.82) is 0 Å². The number of hydrogen-bond donors (Lipinski definition) is 4. The van der Waals surface area contributed by atoms with Crippen LogP contribution in [0, 0.1) is 0 Å². The number of aliphatic carboxylic acids is 1. The van der Waals surface area contributed by atoms with Crippen LogP contribution in [0.2, 0.25) is 5.02 Å². The molecule has 24 heavy (non-hydrogen) atoms. The van der Waals surface area contributed by atoms with Gasteiger partial charge in [-0.25, -0.2) is 4.79 Å². The van der Waals surface area contributed by atoms with Gasteiger partial charge < -0.3 is 26.0 Å². The van der Waals surface area contributed by atoms with E-state index in [1.54, 1.807) is 31.2 Å². The van der Waals surface area contributed by atoms with Crippen LogP contribution in [0.15, 0.2) is 46.8 Å². The zero-order valence-electron chi connectivity index (χ0n) is 13.4. The third kappa shape index (κ3) is 3.79. The number of carboxylic acids is 1. The number of halogens is 1. The fraction of sp³-hybridized carbons (Fsp3) is 0.353. The molecule has 1 unspecified atom stereocenters. The Kier molecular flexibility index (Phi) is 6.39. The lowest BCUT2D eigenvalue weighted by Crippen LogP contribution is -2.32. The molecule has 1 aromatic carbocycles. The highest BCUT2D eigenvalue weighted by molar-refractivity contribution is 6.31. The highest BCUT2D eigenvalue weighted by atomic mass is 35.5. The standard InChI is InChI=1S/C17H21ClN2O4/c1-10-15(17(22)23)16(11-4-2-3-5-13(11)18)12(8-21)14(20-10)9-24-7-6-19/h2-5,16,20-21H,6-9,19H2,1H3,(H,22,23). The summed E-state index contributed by atoms with van der Waals surface area (Å²) in [5.74, 6) is -1.70. The van der Waals surface area contributed by atoms with Crippen molar-refractivity contribution in [1.82, 2.24) is 5.32 Å². The highest BCUT2D eigenvalue weighted by Gasteiger charge is 2.34. The number of nitrogens with one attached hydrogen (secondary N) is 1. The summed E-state index contributed by atoms with van der Waals surface area (Å²) in [6.07, 6.45) is 0. The van der Waals surface area contributed by atoms with Gasteiger partial charge in [-0.1, -0.05) is 29.8 Å². The molecule has 0 saturated carbocycles. The van der Waals surface area contributed by atoms with Gasteiger partial charge in [-0.15, -0.1) is 0 Å². The summed E-state index contributed by atoms with van der Waals surface area (Å²) in [5, 5.41) is 23.0. The van der Waals surface area contributed by atoms with E-state index in [1.807, 2.05) is 0 Å². The second-order valence-electron chi connectivity index (χ2n) is 5.43. The van der Waals surface area contributed by atoms with Crippen molar-refractivity contribution in [3.63, 3.8) is 0 Å². The van der Waals surface area contributed by atoms with Gasteiger partial charge >= 0.3 is 5.97 Å². The first-order valence-corrected chi connectivity index (χ1v) is 7.95. The van der Waals surface area contributed by atoms with E-state index in [1.165, 1.54) is 0 Å². The van der Waals surface area contributed by atoms with Crippen LogP contribution in [-0.2, 0) is 9.53 Å². The van der Waals surface area contributed by atoms with Crippen LogP contribution in [-0.4, -0.2) is 42.5 Å². The lowest BCUT2D eigenvalue weighted by atomic mass is 9.80. The van der Waals surface area contributed by atoms with Gasteiger partial charge in [-0.05, 0) is 24.1 Å². The Morgan fingerprint density at radius 3 is 2.71 bits per heavy atom. The maximum atomic E-state index is 11.8. The van der Waals surface area contributed by atoms with Gasteiger partial charge in [0.25, 0.3) is 0 Å². The summed E-state index contributed by atoms with van der Waals surface area (Å²) in [6, 6.07) is 7.03. The second-order valence-corrected chi connectivity index (χ2v) is 5.83. The molecule has 0 bridgehead atoms. The Hall–Kier alpha value is -1.86. The molecule has 0 aromatic heterocycles. The van der Waals surface area contributed by atoms with Gasteiger partial charge in [0.2, 0.25) is 0 Å². The minimum absolute atomic E-state index is 0.162. The number of dihydropyridines is 1. The fourth-order valence-electron chi connectivity index (χ4n) is 2.85. The summed E-state index contributed by atoms with van der Waals surface area (Å²) in [4.78, 5) is 11.8. The van der Waals surface area contributed by atoms with Crippen molar-refractivity contribution < 1.29 is 19.7 Å². The number of carboxylic acid groups (broad SMARTS) is 1. The van der Waals surface area contributed by atoms with Gasteiger partial charge in [-0.3, -0.25) is 0 Å². The Morgan fingerprint density at radius 2 is 2.12 bits per heavy atom. The first-order valence-electron chi connectivity index (χ1n) is 7.57. The largest absolute Gasteiger partial charge is 0.478 e. The van der Waals surface area contributed by atoms with Gasteiger partial charge in [0.05, 0.1) is 25.4 Å². The maximum Gasteiger partial charge on any atom is 0.334 e. The Labute approximate surface area is 145 Å². The number of rotatable bonds is 7. The Morgan fingerprint density at radius 1 is 1.42 bits per heavy atom. The average Bonchev–Trinajstić information content (AvgIpc) is 2.54. The molecule has 7 heteroatoms. The van der Waals surface area contributed by atoms with E-state index in [4.69, 9.17) is 22.1 Å². The van der Waals surface area contributed by atoms with Gasteiger partial charge in [-0.2, -0.15) is 0 Å². The number of carbonyl (C=O) groups is 1. The highest BCUT2D eigenvalue weighted by Crippen LogP contribution is 2.40. The van der Waals surface area contributed by atoms with Crippen molar-refractivity contribution >= 4 is 17.6 Å². The van der Waals surface area contributed by atoms with Gasteiger partial charge in [0.15, 0.2) is 0 Å². The number of aliphatic hydroxyl groups is 1. The van der Waals surface area contributed by atoms with E-state index in [2.05, 4.69) is 5.32 Å². The number of ether oxygens (including phenoxy) is 1. The SMILES string of the molecule is CC1=C(C(=O)O)C(c2ccccc2Cl)C(CO)=C(COCCN)N1. The number of aliphatic hydroxyl groups excluding tert-OH is 1. The molecular weight excluding hydrogens is 332 g/mol. The zero-order chi connectivity index (χ0) is 17.7. The molecule has 1 aliphatic rings. The van der Waals surface area contributed by atoms with Crippen molar-refractivity contribution in [3.05, 3.63) is 57.4 Å². The molecule has 130 valence electrons. The topological polar surface area (TPSA) is 105 Å². The van der Waals surface area contributed by atoms with E-state index in [0.29, 0.717) is 40.7 Å². The quantitative estimate of drug-likeness (QED) is 0.556. The van der Waals surface area contributed by atoms with Gasteiger partial charge in [0.1, 0.15) is 0 Å². The average molecular weight is 353 g/mol. The molecule has 0 fully saturated rings. The summed E-state index contributed by atoms with van der Waals surface area (Å²) < 4.78 is 5.45. The Bertz CT molecular complexity index is 685. The van der Waals surface area contributed by atoms with Crippen molar-refractivity contribution in [2.45, 2.75) is 12.8 Å². The summed E-state index contributed by atoms with van der Waals surface area (Å²) in [5.41, 5.74) is 7.89. The normalized spacial score (nSPS) is 17.9. The molecule has 2 rings (SSSR count). The molecule has 5 N–H and O–H groups in total. The predicted molar refractivity (Wildman–Crippen MR) is 91.6 cm³/mol. The number of nitrogens with two attached hydrogens (primary N) is 1. The second kappa shape index (κ2) is 8.30. The molecule has 6 nitrogen and oxygen atoms in total. The molecular formula is C17H21ClN2O4. The molecule has 0 saturated heterocycles. The number of allylic oxidation sites excluding steroid dienone is 1. The third-order valence-corrected chi connectivity index (χ3v) is 4.24. The van der Waals surface area contributed by atoms with Crippen LogP contribution in [0.25, 0.3) is 0 Å². The first-order chi connectivity index (χ1) is 11.5. The van der Waals surface area contributed by atoms with Crippen LogP contribution < -0.4 is 11.1 Å². The molecule has 1 aliphatic heterocycles. The number of hydrogen-bond acceptors (Lipinski definition) is 5. The van der Waals surface area contributed by atoms with Crippen molar-refractivity contribution in [2.75, 3.05) is 26.4 Å². The van der Waals surface area contributed by atoms with Crippen LogP contribution >= 0.6 is 11.6 Å². The van der Waals surface area contributed by atoms with Crippen LogP contribution in [0.5, 0.6) is 0 Å². The zero-order valence-corrected chi connectivity index (χ0v) is 14.1. The molecule has 1 heterocycles. The molecule has 1 atom stereocenters. The summed E-state index contributed by atoms with van der Waals surface area (Å²) in [7, 11) is 0. The smallest absolute Gasteiger partial charge is 0.334 e. The monoisotopic (exact) mass is 352 g/mol. The molecule has 0 aliphatic carbocycles. The predicted octanol–water partition coefficient (Wildman–Crippen LogP) is 1.61. The first kappa shape index (κ1) is 18.5. The lowest BCUT2D eigenvalue weighted by molar-refractivity contribution is -0.133. The molecule has 1 aromatic rings.